The molecule has 1 saturated carbocycles. The summed E-state index contributed by atoms with van der Waals surface area (Å²) < 4.78 is 0. The average molecular weight is 177 g/mol. The molecule has 0 atom stereocenters. The summed E-state index contributed by atoms with van der Waals surface area (Å²) in [7, 11) is 0. The van der Waals surface area contributed by atoms with Crippen LogP contribution in [-0.4, -0.2) is 21.9 Å². The SMILES string of the molecule is Cc1cncc(C(=O)NC2CC2)n1. The van der Waals surface area contributed by atoms with Crippen molar-refractivity contribution in [1.82, 2.24) is 15.3 Å². The third-order valence-corrected chi connectivity index (χ3v) is 1.90. The number of rotatable bonds is 2. The Bertz CT molecular complexity index is 333. The van der Waals surface area contributed by atoms with Gasteiger partial charge in [-0.25, -0.2) is 4.98 Å². The predicted octanol–water partition coefficient (Wildman–Crippen LogP) is 0.677. The minimum Gasteiger partial charge on any atom is -0.348 e. The summed E-state index contributed by atoms with van der Waals surface area (Å²) in [6.07, 6.45) is 5.30. The van der Waals surface area contributed by atoms with Gasteiger partial charge in [0.05, 0.1) is 11.9 Å². The summed E-state index contributed by atoms with van der Waals surface area (Å²) in [5.41, 5.74) is 1.18. The quantitative estimate of drug-likeness (QED) is 0.722. The highest BCUT2D eigenvalue weighted by atomic mass is 16.2. The second-order valence-electron chi connectivity index (χ2n) is 3.29. The number of amides is 1. The normalized spacial score (nSPS) is 15.5. The number of aromatic nitrogens is 2. The van der Waals surface area contributed by atoms with E-state index in [9.17, 15) is 4.79 Å². The van der Waals surface area contributed by atoms with E-state index in [1.54, 1.807) is 6.20 Å². The standard InChI is InChI=1S/C9H11N3O/c1-6-4-10-5-8(11-6)9(13)12-7-2-3-7/h4-5,7H,2-3H2,1H3,(H,12,13). The second kappa shape index (κ2) is 3.12. The molecule has 1 aliphatic rings. The van der Waals surface area contributed by atoms with Crippen molar-refractivity contribution in [2.75, 3.05) is 0 Å². The third-order valence-electron chi connectivity index (χ3n) is 1.90. The molecule has 0 bridgehead atoms. The first-order chi connectivity index (χ1) is 6.25. The molecular formula is C9H11N3O. The molecule has 1 N–H and O–H groups in total. The van der Waals surface area contributed by atoms with Gasteiger partial charge in [-0.2, -0.15) is 0 Å². The Morgan fingerprint density at radius 1 is 1.54 bits per heavy atom. The van der Waals surface area contributed by atoms with Gasteiger partial charge in [-0.15, -0.1) is 0 Å². The van der Waals surface area contributed by atoms with Crippen molar-refractivity contribution in [2.24, 2.45) is 0 Å². The van der Waals surface area contributed by atoms with Gasteiger partial charge >= 0.3 is 0 Å². The zero-order valence-electron chi connectivity index (χ0n) is 7.45. The molecule has 13 heavy (non-hydrogen) atoms. The van der Waals surface area contributed by atoms with Gasteiger partial charge in [0, 0.05) is 12.2 Å². The number of nitrogens with one attached hydrogen (secondary N) is 1. The van der Waals surface area contributed by atoms with E-state index in [0.29, 0.717) is 11.7 Å². The summed E-state index contributed by atoms with van der Waals surface area (Å²) in [6.45, 7) is 1.82. The Morgan fingerprint density at radius 3 is 2.92 bits per heavy atom. The van der Waals surface area contributed by atoms with E-state index in [4.69, 9.17) is 0 Å². The molecule has 4 heteroatoms. The highest BCUT2D eigenvalue weighted by Crippen LogP contribution is 2.18. The van der Waals surface area contributed by atoms with Crippen molar-refractivity contribution in [1.29, 1.82) is 0 Å². The molecule has 68 valence electrons. The van der Waals surface area contributed by atoms with Crippen LogP contribution in [-0.2, 0) is 0 Å². The van der Waals surface area contributed by atoms with Gasteiger partial charge < -0.3 is 5.32 Å². The van der Waals surface area contributed by atoms with Crippen molar-refractivity contribution < 1.29 is 4.79 Å². The largest absolute Gasteiger partial charge is 0.348 e. The molecular weight excluding hydrogens is 166 g/mol. The fourth-order valence-electron chi connectivity index (χ4n) is 1.06. The van der Waals surface area contributed by atoms with Crippen LogP contribution in [0.25, 0.3) is 0 Å². The van der Waals surface area contributed by atoms with Crippen LogP contribution in [0.4, 0.5) is 0 Å². The minimum absolute atomic E-state index is 0.112. The molecule has 4 nitrogen and oxygen atoms in total. The van der Waals surface area contributed by atoms with Crippen LogP contribution in [0.5, 0.6) is 0 Å². The number of hydrogen-bond donors (Lipinski definition) is 1. The Kier molecular flexibility index (Phi) is 1.96. The lowest BCUT2D eigenvalue weighted by molar-refractivity contribution is 0.0945. The van der Waals surface area contributed by atoms with Gasteiger partial charge in [0.2, 0.25) is 0 Å². The van der Waals surface area contributed by atoms with Gasteiger partial charge in [-0.3, -0.25) is 9.78 Å². The average Bonchev–Trinajstić information content (AvgIpc) is 2.88. The van der Waals surface area contributed by atoms with E-state index in [1.165, 1.54) is 6.20 Å². The summed E-state index contributed by atoms with van der Waals surface area (Å²) in [5.74, 6) is -0.112. The molecule has 0 aromatic carbocycles. The fourth-order valence-corrected chi connectivity index (χ4v) is 1.06. The first kappa shape index (κ1) is 8.16. The van der Waals surface area contributed by atoms with E-state index in [1.807, 2.05) is 6.92 Å². The van der Waals surface area contributed by atoms with E-state index in [2.05, 4.69) is 15.3 Å². The van der Waals surface area contributed by atoms with Crippen molar-refractivity contribution >= 4 is 5.91 Å². The molecule has 1 aliphatic carbocycles. The van der Waals surface area contributed by atoms with Crippen LogP contribution in [0.15, 0.2) is 12.4 Å². The highest BCUT2D eigenvalue weighted by Gasteiger charge is 2.24. The Balaban J connectivity index is 2.09. The van der Waals surface area contributed by atoms with Crippen LogP contribution >= 0.6 is 0 Å². The highest BCUT2D eigenvalue weighted by molar-refractivity contribution is 5.92. The molecule has 0 unspecified atom stereocenters. The molecule has 2 rings (SSSR count). The van der Waals surface area contributed by atoms with Crippen LogP contribution in [0, 0.1) is 6.92 Å². The first-order valence-electron chi connectivity index (χ1n) is 4.35. The lowest BCUT2D eigenvalue weighted by Gasteiger charge is -2.01. The van der Waals surface area contributed by atoms with Crippen molar-refractivity contribution in [2.45, 2.75) is 25.8 Å². The summed E-state index contributed by atoms with van der Waals surface area (Å²) in [6, 6.07) is 0.370. The lowest BCUT2D eigenvalue weighted by Crippen LogP contribution is -2.26. The van der Waals surface area contributed by atoms with E-state index >= 15 is 0 Å². The minimum atomic E-state index is -0.112. The monoisotopic (exact) mass is 177 g/mol. The number of carbonyl (C=O) groups excluding carboxylic acids is 1. The van der Waals surface area contributed by atoms with E-state index in [-0.39, 0.29) is 5.91 Å². The second-order valence-corrected chi connectivity index (χ2v) is 3.29. The molecule has 0 radical (unpaired) electrons. The maximum Gasteiger partial charge on any atom is 0.271 e. The van der Waals surface area contributed by atoms with E-state index < -0.39 is 0 Å². The molecule has 1 fully saturated rings. The van der Waals surface area contributed by atoms with Gasteiger partial charge in [-0.1, -0.05) is 0 Å². The Hall–Kier alpha value is -1.45. The molecule has 1 aromatic heterocycles. The van der Waals surface area contributed by atoms with Crippen LogP contribution in [0.3, 0.4) is 0 Å². The van der Waals surface area contributed by atoms with Crippen LogP contribution in [0.2, 0.25) is 0 Å². The van der Waals surface area contributed by atoms with Gasteiger partial charge in [0.1, 0.15) is 5.69 Å². The Labute approximate surface area is 76.4 Å². The number of hydrogen-bond acceptors (Lipinski definition) is 3. The fraction of sp³-hybridized carbons (Fsp3) is 0.444. The maximum absolute atomic E-state index is 11.4. The van der Waals surface area contributed by atoms with E-state index in [0.717, 1.165) is 18.5 Å². The zero-order chi connectivity index (χ0) is 9.26. The summed E-state index contributed by atoms with van der Waals surface area (Å²) in [4.78, 5) is 19.4. The summed E-state index contributed by atoms with van der Waals surface area (Å²) >= 11 is 0. The molecule has 1 amide bonds. The van der Waals surface area contributed by atoms with Gasteiger partial charge in [0.25, 0.3) is 5.91 Å². The first-order valence-corrected chi connectivity index (χ1v) is 4.35. The third kappa shape index (κ3) is 2.02. The Morgan fingerprint density at radius 2 is 2.31 bits per heavy atom. The predicted molar refractivity (Wildman–Crippen MR) is 47.3 cm³/mol. The van der Waals surface area contributed by atoms with Gasteiger partial charge in [-0.05, 0) is 19.8 Å². The topological polar surface area (TPSA) is 54.9 Å². The molecule has 1 heterocycles. The smallest absolute Gasteiger partial charge is 0.271 e. The number of nitrogens with zero attached hydrogens (tertiary/aromatic N) is 2. The van der Waals surface area contributed by atoms with Gasteiger partial charge in [0.15, 0.2) is 0 Å². The van der Waals surface area contributed by atoms with Crippen molar-refractivity contribution in [3.63, 3.8) is 0 Å². The molecule has 1 aromatic rings. The molecule has 0 aliphatic heterocycles. The van der Waals surface area contributed by atoms with Crippen LogP contribution < -0.4 is 5.32 Å². The lowest BCUT2D eigenvalue weighted by atomic mass is 10.4. The molecule has 0 saturated heterocycles. The maximum atomic E-state index is 11.4. The molecule has 0 spiro atoms. The van der Waals surface area contributed by atoms with Crippen molar-refractivity contribution in [3.05, 3.63) is 23.8 Å². The van der Waals surface area contributed by atoms with Crippen LogP contribution in [0.1, 0.15) is 29.0 Å². The van der Waals surface area contributed by atoms with Crippen molar-refractivity contribution in [3.8, 4) is 0 Å². The summed E-state index contributed by atoms with van der Waals surface area (Å²) in [5, 5.41) is 2.86. The number of carbonyl (C=O) groups is 1. The number of aryl methyl sites for hydroxylation is 1. The zero-order valence-corrected chi connectivity index (χ0v) is 7.45.